The highest BCUT2D eigenvalue weighted by molar-refractivity contribution is 7.80. The fourth-order valence-electron chi connectivity index (χ4n) is 2.54. The molecule has 0 amide bonds. The van der Waals surface area contributed by atoms with Gasteiger partial charge in [-0.1, -0.05) is 84.5 Å². The molecule has 0 aromatic carbocycles. The summed E-state index contributed by atoms with van der Waals surface area (Å²) in [6.07, 6.45) is 13.5. The fourth-order valence-corrected chi connectivity index (χ4v) is 3.06. The Balaban J connectivity index is 3.82. The van der Waals surface area contributed by atoms with Crippen LogP contribution in [0.2, 0.25) is 0 Å². The van der Waals surface area contributed by atoms with Crippen LogP contribution in [0.15, 0.2) is 0 Å². The molecule has 0 aromatic rings. The molecular weight excluding hydrogens is 288 g/mol. The average Bonchev–Trinajstić information content (AvgIpc) is 2.40. The van der Waals surface area contributed by atoms with Crippen molar-refractivity contribution in [2.75, 3.05) is 0 Å². The molecule has 0 aliphatic carbocycles. The Morgan fingerprint density at radius 1 is 0.762 bits per heavy atom. The van der Waals surface area contributed by atoms with Crippen LogP contribution in [0, 0.1) is 0 Å². The van der Waals surface area contributed by atoms with Gasteiger partial charge in [0.1, 0.15) is 0 Å². The number of hydrogen-bond acceptors (Lipinski definition) is 4. The lowest BCUT2D eigenvalue weighted by molar-refractivity contribution is 0.154. The molecule has 0 N–H and O–H groups in total. The second-order valence-electron chi connectivity index (χ2n) is 5.89. The van der Waals surface area contributed by atoms with Crippen LogP contribution >= 0.6 is 0 Å². The van der Waals surface area contributed by atoms with Crippen LogP contribution in [0.5, 0.6) is 0 Å². The summed E-state index contributed by atoms with van der Waals surface area (Å²) in [5.41, 5.74) is 0. The summed E-state index contributed by atoms with van der Waals surface area (Å²) in [5, 5.41) is 0. The molecule has 0 fully saturated rings. The van der Waals surface area contributed by atoms with E-state index in [0.29, 0.717) is 12.8 Å². The smallest absolute Gasteiger partial charge is 0.217 e. The van der Waals surface area contributed by atoms with Gasteiger partial charge in [-0.3, -0.25) is 4.18 Å². The second-order valence-corrected chi connectivity index (χ2v) is 6.89. The molecule has 0 saturated heterocycles. The Morgan fingerprint density at radius 2 is 1.14 bits per heavy atom. The first-order valence-corrected chi connectivity index (χ1v) is 9.97. The Kier molecular flexibility index (Phi) is 13.4. The largest absolute Gasteiger partial charge is 0.726 e. The van der Waals surface area contributed by atoms with E-state index < -0.39 is 16.5 Å². The minimum absolute atomic E-state index is 0.417. The normalized spacial score (nSPS) is 13.5. The van der Waals surface area contributed by atoms with Crippen molar-refractivity contribution in [1.82, 2.24) is 0 Å². The van der Waals surface area contributed by atoms with E-state index >= 15 is 0 Å². The third-order valence-electron chi connectivity index (χ3n) is 3.76. The zero-order valence-corrected chi connectivity index (χ0v) is 14.6. The van der Waals surface area contributed by atoms with Gasteiger partial charge in [-0.25, -0.2) is 8.42 Å². The van der Waals surface area contributed by atoms with Gasteiger partial charge in [0.2, 0.25) is 10.4 Å². The third-order valence-corrected chi connectivity index (χ3v) is 4.27. The quantitative estimate of drug-likeness (QED) is 0.243. The first-order chi connectivity index (χ1) is 9.99. The summed E-state index contributed by atoms with van der Waals surface area (Å²) in [6, 6.07) is 0. The summed E-state index contributed by atoms with van der Waals surface area (Å²) >= 11 is 0. The Morgan fingerprint density at radius 3 is 1.57 bits per heavy atom. The topological polar surface area (TPSA) is 66.4 Å². The third kappa shape index (κ3) is 16.1. The minimum atomic E-state index is -4.57. The van der Waals surface area contributed by atoms with E-state index in [1.165, 1.54) is 32.1 Å². The average molecular weight is 322 g/mol. The monoisotopic (exact) mass is 321 g/mol. The predicted octanol–water partition coefficient (Wildman–Crippen LogP) is 4.94. The molecule has 5 heteroatoms. The number of unbranched alkanes of at least 4 members (excludes halogenated alkanes) is 9. The number of hydrogen-bond donors (Lipinski definition) is 0. The van der Waals surface area contributed by atoms with Crippen LogP contribution in [-0.4, -0.2) is 19.1 Å². The van der Waals surface area contributed by atoms with Gasteiger partial charge in [-0.05, 0) is 12.8 Å². The van der Waals surface area contributed by atoms with Gasteiger partial charge in [0, 0.05) is 0 Å². The van der Waals surface area contributed by atoms with Crippen LogP contribution in [0.4, 0.5) is 0 Å². The van der Waals surface area contributed by atoms with Gasteiger partial charge in [0.05, 0.1) is 6.10 Å². The van der Waals surface area contributed by atoms with E-state index in [2.05, 4.69) is 18.0 Å². The minimum Gasteiger partial charge on any atom is -0.726 e. The molecule has 0 rings (SSSR count). The molecule has 128 valence electrons. The highest BCUT2D eigenvalue weighted by atomic mass is 32.3. The molecule has 0 spiro atoms. The second kappa shape index (κ2) is 13.5. The lowest BCUT2D eigenvalue weighted by atomic mass is 10.0. The maximum absolute atomic E-state index is 10.8. The van der Waals surface area contributed by atoms with Crippen LogP contribution in [-0.2, 0) is 14.6 Å². The lowest BCUT2D eigenvalue weighted by Crippen LogP contribution is -2.18. The van der Waals surface area contributed by atoms with Crippen molar-refractivity contribution in [3.63, 3.8) is 0 Å². The lowest BCUT2D eigenvalue weighted by Gasteiger charge is -2.19. The van der Waals surface area contributed by atoms with E-state index in [9.17, 15) is 13.0 Å². The summed E-state index contributed by atoms with van der Waals surface area (Å²) < 4.78 is 37.0. The Bertz CT molecular complexity index is 314. The molecule has 0 bridgehead atoms. The van der Waals surface area contributed by atoms with Crippen LogP contribution < -0.4 is 0 Å². The van der Waals surface area contributed by atoms with Gasteiger partial charge in [0.25, 0.3) is 0 Å². The highest BCUT2D eigenvalue weighted by Gasteiger charge is 2.12. The van der Waals surface area contributed by atoms with Gasteiger partial charge < -0.3 is 4.55 Å². The van der Waals surface area contributed by atoms with Crippen molar-refractivity contribution in [3.8, 4) is 0 Å². The molecule has 0 heterocycles. The predicted molar refractivity (Wildman–Crippen MR) is 85.9 cm³/mol. The molecule has 1 unspecified atom stereocenters. The van der Waals surface area contributed by atoms with Crippen molar-refractivity contribution in [2.45, 2.75) is 103 Å². The van der Waals surface area contributed by atoms with Crippen LogP contribution in [0.1, 0.15) is 97.3 Å². The standard InChI is InChI=1S/C16H34O4S/c1-3-5-7-9-10-11-13-15-16(20-21(17,18)19)14-12-8-6-4-2/h16H,3-15H2,1-2H3,(H,17,18,19)/p-1. The molecule has 0 aliphatic heterocycles. The highest BCUT2D eigenvalue weighted by Crippen LogP contribution is 2.17. The summed E-state index contributed by atoms with van der Waals surface area (Å²) in [6.45, 7) is 4.33. The Labute approximate surface area is 131 Å². The van der Waals surface area contributed by atoms with Gasteiger partial charge in [0.15, 0.2) is 0 Å². The zero-order valence-electron chi connectivity index (χ0n) is 13.8. The van der Waals surface area contributed by atoms with E-state index in [1.54, 1.807) is 0 Å². The molecule has 1 atom stereocenters. The van der Waals surface area contributed by atoms with Crippen LogP contribution in [0.3, 0.4) is 0 Å². The Hall–Kier alpha value is -0.130. The maximum Gasteiger partial charge on any atom is 0.217 e. The van der Waals surface area contributed by atoms with Gasteiger partial charge in [-0.2, -0.15) is 0 Å². The van der Waals surface area contributed by atoms with Gasteiger partial charge >= 0.3 is 0 Å². The molecule has 0 aromatic heterocycles. The van der Waals surface area contributed by atoms with Crippen molar-refractivity contribution in [2.24, 2.45) is 0 Å². The molecule has 0 saturated carbocycles. The molecule has 4 nitrogen and oxygen atoms in total. The summed E-state index contributed by atoms with van der Waals surface area (Å²) in [4.78, 5) is 0. The molecule has 21 heavy (non-hydrogen) atoms. The maximum atomic E-state index is 10.8. The molecule has 0 radical (unpaired) electrons. The SMILES string of the molecule is CCCCCCCCCC(CCCCCC)OS(=O)(=O)[O-]. The van der Waals surface area contributed by atoms with Crippen molar-refractivity contribution in [3.05, 3.63) is 0 Å². The summed E-state index contributed by atoms with van der Waals surface area (Å²) in [5.74, 6) is 0. The summed E-state index contributed by atoms with van der Waals surface area (Å²) in [7, 11) is -4.57. The first kappa shape index (κ1) is 20.9. The van der Waals surface area contributed by atoms with Crippen molar-refractivity contribution in [1.29, 1.82) is 0 Å². The van der Waals surface area contributed by atoms with Crippen LogP contribution in [0.25, 0.3) is 0 Å². The number of rotatable bonds is 15. The zero-order chi connectivity index (χ0) is 16.0. The van der Waals surface area contributed by atoms with E-state index in [1.807, 2.05) is 0 Å². The van der Waals surface area contributed by atoms with Crippen molar-refractivity contribution >= 4 is 10.4 Å². The first-order valence-electron chi connectivity index (χ1n) is 8.63. The fraction of sp³-hybridized carbons (Fsp3) is 1.00. The van der Waals surface area contributed by atoms with E-state index in [4.69, 9.17) is 0 Å². The van der Waals surface area contributed by atoms with Gasteiger partial charge in [-0.15, -0.1) is 0 Å². The molecule has 0 aliphatic rings. The van der Waals surface area contributed by atoms with E-state index in [-0.39, 0.29) is 0 Å². The van der Waals surface area contributed by atoms with E-state index in [0.717, 1.165) is 38.5 Å². The van der Waals surface area contributed by atoms with Crippen molar-refractivity contribution < 1.29 is 17.2 Å². The molecular formula is C16H33O4S-.